The molecule has 3 aromatic rings. The molecule has 0 fully saturated rings. The zero-order chi connectivity index (χ0) is 23.3. The monoisotopic (exact) mass is 474 g/mol. The van der Waals surface area contributed by atoms with E-state index >= 15 is 0 Å². The van der Waals surface area contributed by atoms with Crippen molar-refractivity contribution in [2.24, 2.45) is 0 Å². The number of nitrogens with zero attached hydrogens (tertiary/aromatic N) is 1. The number of aryl methyl sites for hydroxylation is 1. The maximum Gasteiger partial charge on any atom is 0.338 e. The van der Waals surface area contributed by atoms with E-state index in [2.05, 4.69) is 4.72 Å². The number of sulfonamides is 1. The summed E-state index contributed by atoms with van der Waals surface area (Å²) in [5.74, 6) is -0.749. The fourth-order valence-corrected chi connectivity index (χ4v) is 4.26. The summed E-state index contributed by atoms with van der Waals surface area (Å²) < 4.78 is 33.6. The van der Waals surface area contributed by atoms with Gasteiger partial charge in [0.25, 0.3) is 5.69 Å². The first-order chi connectivity index (χ1) is 15.2. The van der Waals surface area contributed by atoms with E-state index in [-0.39, 0.29) is 22.8 Å². The van der Waals surface area contributed by atoms with Crippen LogP contribution in [0.2, 0.25) is 5.02 Å². The number of rotatable bonds is 8. The lowest BCUT2D eigenvalue weighted by molar-refractivity contribution is -0.384. The lowest BCUT2D eigenvalue weighted by atomic mass is 10.1. The van der Waals surface area contributed by atoms with Crippen LogP contribution < -0.4 is 4.72 Å². The number of carbonyl (C=O) groups excluding carboxylic acids is 1. The summed E-state index contributed by atoms with van der Waals surface area (Å²) in [6, 6.07) is 16.8. The molecule has 0 bridgehead atoms. The SMILES string of the molecule is Cc1ccc(S(=O)(=O)NC(COC(=O)c2ccc([N+](=O)[O-])cc2)c2cccc(Cl)c2)cc1. The van der Waals surface area contributed by atoms with Crippen LogP contribution in [0, 0.1) is 17.0 Å². The number of hydrogen-bond donors (Lipinski definition) is 1. The lowest BCUT2D eigenvalue weighted by Crippen LogP contribution is -2.32. The molecule has 32 heavy (non-hydrogen) atoms. The molecule has 1 atom stereocenters. The van der Waals surface area contributed by atoms with Crippen LogP contribution in [0.5, 0.6) is 0 Å². The number of benzene rings is 3. The van der Waals surface area contributed by atoms with E-state index in [1.165, 1.54) is 36.4 Å². The molecule has 0 radical (unpaired) electrons. The van der Waals surface area contributed by atoms with Gasteiger partial charge in [-0.3, -0.25) is 10.1 Å². The third-order valence-electron chi connectivity index (χ3n) is 4.57. The van der Waals surface area contributed by atoms with Gasteiger partial charge in [-0.2, -0.15) is 0 Å². The molecule has 1 N–H and O–H groups in total. The number of esters is 1. The summed E-state index contributed by atoms with van der Waals surface area (Å²) in [5, 5.41) is 11.2. The molecule has 0 aromatic heterocycles. The minimum Gasteiger partial charge on any atom is -0.460 e. The Hall–Kier alpha value is -3.27. The first-order valence-corrected chi connectivity index (χ1v) is 11.3. The fourth-order valence-electron chi connectivity index (χ4n) is 2.86. The van der Waals surface area contributed by atoms with Gasteiger partial charge in [0.05, 0.1) is 21.4 Å². The Morgan fingerprint density at radius 3 is 2.34 bits per heavy atom. The number of carbonyl (C=O) groups is 1. The Morgan fingerprint density at radius 2 is 1.75 bits per heavy atom. The largest absolute Gasteiger partial charge is 0.460 e. The number of ether oxygens (including phenoxy) is 1. The van der Waals surface area contributed by atoms with Crippen molar-refractivity contribution in [3.63, 3.8) is 0 Å². The highest BCUT2D eigenvalue weighted by molar-refractivity contribution is 7.89. The van der Waals surface area contributed by atoms with Crippen LogP contribution in [0.4, 0.5) is 5.69 Å². The molecule has 3 rings (SSSR count). The molecule has 0 saturated carbocycles. The third kappa shape index (κ3) is 5.91. The second-order valence-corrected chi connectivity index (χ2v) is 9.09. The molecular weight excluding hydrogens is 456 g/mol. The quantitative estimate of drug-likeness (QED) is 0.293. The first kappa shape index (κ1) is 23.4. The molecule has 0 heterocycles. The maximum absolute atomic E-state index is 12.9. The number of non-ortho nitro benzene ring substituents is 1. The predicted molar refractivity (Wildman–Crippen MR) is 119 cm³/mol. The van der Waals surface area contributed by atoms with Crippen LogP contribution >= 0.6 is 11.6 Å². The van der Waals surface area contributed by atoms with Gasteiger partial charge in [-0.15, -0.1) is 0 Å². The molecule has 0 amide bonds. The molecule has 8 nitrogen and oxygen atoms in total. The topological polar surface area (TPSA) is 116 Å². The molecule has 0 aliphatic heterocycles. The highest BCUT2D eigenvalue weighted by atomic mass is 35.5. The summed E-state index contributed by atoms with van der Waals surface area (Å²) in [6.45, 7) is 1.53. The molecular formula is C22H19ClN2O6S. The van der Waals surface area contributed by atoms with E-state index in [4.69, 9.17) is 16.3 Å². The Kier molecular flexibility index (Phi) is 7.24. The summed E-state index contributed by atoms with van der Waals surface area (Å²) in [4.78, 5) is 22.7. The normalized spacial score (nSPS) is 12.2. The second kappa shape index (κ2) is 9.90. The maximum atomic E-state index is 12.9. The van der Waals surface area contributed by atoms with E-state index in [0.29, 0.717) is 10.6 Å². The van der Waals surface area contributed by atoms with Gasteiger partial charge in [0.15, 0.2) is 0 Å². The van der Waals surface area contributed by atoms with Gasteiger partial charge in [0, 0.05) is 17.2 Å². The molecule has 166 valence electrons. The van der Waals surface area contributed by atoms with Crippen LogP contribution in [0.25, 0.3) is 0 Å². The number of nitrogens with one attached hydrogen (secondary N) is 1. The van der Waals surface area contributed by atoms with Crippen LogP contribution in [0.15, 0.2) is 77.7 Å². The van der Waals surface area contributed by atoms with E-state index in [1.807, 2.05) is 6.92 Å². The average Bonchev–Trinajstić information content (AvgIpc) is 2.76. The van der Waals surface area contributed by atoms with Crippen LogP contribution in [-0.4, -0.2) is 25.9 Å². The molecule has 10 heteroatoms. The van der Waals surface area contributed by atoms with Crippen molar-refractivity contribution in [1.29, 1.82) is 0 Å². The number of nitro groups is 1. The highest BCUT2D eigenvalue weighted by Gasteiger charge is 2.23. The standard InChI is InChI=1S/C22H19ClN2O6S/c1-15-5-11-20(12-6-15)32(29,30)24-21(17-3-2-4-18(23)13-17)14-31-22(26)16-7-9-19(10-8-16)25(27)28/h2-13,21,24H,14H2,1H3. The summed E-state index contributed by atoms with van der Waals surface area (Å²) >= 11 is 6.05. The molecule has 0 aliphatic rings. The van der Waals surface area contributed by atoms with Crippen molar-refractivity contribution < 1.29 is 22.9 Å². The van der Waals surface area contributed by atoms with Crippen molar-refractivity contribution in [1.82, 2.24) is 4.72 Å². The van der Waals surface area contributed by atoms with Gasteiger partial charge in [-0.05, 0) is 48.9 Å². The fraction of sp³-hybridized carbons (Fsp3) is 0.136. The van der Waals surface area contributed by atoms with Gasteiger partial charge in [-0.25, -0.2) is 17.9 Å². The minimum atomic E-state index is -3.92. The van der Waals surface area contributed by atoms with E-state index in [0.717, 1.165) is 5.56 Å². The second-order valence-electron chi connectivity index (χ2n) is 6.94. The first-order valence-electron chi connectivity index (χ1n) is 9.42. The van der Waals surface area contributed by atoms with Crippen molar-refractivity contribution in [2.75, 3.05) is 6.61 Å². The highest BCUT2D eigenvalue weighted by Crippen LogP contribution is 2.22. The Balaban J connectivity index is 1.81. The Labute approximate surface area is 190 Å². The lowest BCUT2D eigenvalue weighted by Gasteiger charge is -2.20. The van der Waals surface area contributed by atoms with Gasteiger partial charge in [-0.1, -0.05) is 41.4 Å². The Morgan fingerprint density at radius 1 is 1.09 bits per heavy atom. The molecule has 0 spiro atoms. The molecule has 3 aromatic carbocycles. The molecule has 1 unspecified atom stereocenters. The minimum absolute atomic E-state index is 0.0665. The summed E-state index contributed by atoms with van der Waals surface area (Å²) in [5.41, 5.74) is 1.35. The predicted octanol–water partition coefficient (Wildman–Crippen LogP) is 4.43. The van der Waals surface area contributed by atoms with Gasteiger partial charge < -0.3 is 4.74 Å². The van der Waals surface area contributed by atoms with Crippen LogP contribution in [-0.2, 0) is 14.8 Å². The number of halogens is 1. The average molecular weight is 475 g/mol. The van der Waals surface area contributed by atoms with Crippen molar-refractivity contribution in [3.05, 3.63) is 105 Å². The Bertz CT molecular complexity index is 1230. The summed E-state index contributed by atoms with van der Waals surface area (Å²) in [6.07, 6.45) is 0. The zero-order valence-corrected chi connectivity index (χ0v) is 18.5. The zero-order valence-electron chi connectivity index (χ0n) is 16.9. The van der Waals surface area contributed by atoms with E-state index in [1.54, 1.807) is 36.4 Å². The van der Waals surface area contributed by atoms with E-state index < -0.39 is 27.0 Å². The molecule has 0 aliphatic carbocycles. The van der Waals surface area contributed by atoms with E-state index in [9.17, 15) is 23.3 Å². The van der Waals surface area contributed by atoms with Crippen molar-refractivity contribution in [3.8, 4) is 0 Å². The third-order valence-corrected chi connectivity index (χ3v) is 6.30. The van der Waals surface area contributed by atoms with Gasteiger partial charge in [0.1, 0.15) is 6.61 Å². The number of hydrogen-bond acceptors (Lipinski definition) is 6. The summed E-state index contributed by atoms with van der Waals surface area (Å²) in [7, 11) is -3.92. The van der Waals surface area contributed by atoms with Crippen molar-refractivity contribution in [2.45, 2.75) is 17.9 Å². The number of nitro benzene ring substituents is 1. The molecule has 0 saturated heterocycles. The van der Waals surface area contributed by atoms with Crippen LogP contribution in [0.3, 0.4) is 0 Å². The van der Waals surface area contributed by atoms with Gasteiger partial charge >= 0.3 is 5.97 Å². The van der Waals surface area contributed by atoms with Crippen molar-refractivity contribution >= 4 is 33.3 Å². The van der Waals surface area contributed by atoms with Crippen LogP contribution in [0.1, 0.15) is 27.5 Å². The van der Waals surface area contributed by atoms with Gasteiger partial charge in [0.2, 0.25) is 10.0 Å². The smallest absolute Gasteiger partial charge is 0.338 e.